The van der Waals surface area contributed by atoms with Crippen molar-refractivity contribution in [2.75, 3.05) is 10.6 Å². The number of nitrogens with zero attached hydrogens (tertiary/aromatic N) is 5. The first-order valence-corrected chi connectivity index (χ1v) is 7.60. The van der Waals surface area contributed by atoms with E-state index in [2.05, 4.69) is 36.0 Å². The van der Waals surface area contributed by atoms with Crippen LogP contribution in [0.5, 0.6) is 0 Å². The number of pyridine rings is 1. The molecule has 9 nitrogen and oxygen atoms in total. The summed E-state index contributed by atoms with van der Waals surface area (Å²) in [7, 11) is 0. The van der Waals surface area contributed by atoms with Crippen LogP contribution in [0, 0.1) is 0 Å². The van der Waals surface area contributed by atoms with Crippen molar-refractivity contribution in [1.82, 2.24) is 25.4 Å². The Balaban J connectivity index is 1.70. The zero-order chi connectivity index (χ0) is 15.4. The Hall–Kier alpha value is -2.79. The molecule has 11 heteroatoms. The fourth-order valence-electron chi connectivity index (χ4n) is 1.46. The molecule has 3 aromatic rings. The number of aromatic nitrogens is 5. The molecule has 0 aromatic carbocycles. The van der Waals surface area contributed by atoms with Crippen molar-refractivity contribution < 1.29 is 9.59 Å². The Morgan fingerprint density at radius 2 is 1.36 bits per heavy atom. The van der Waals surface area contributed by atoms with E-state index in [4.69, 9.17) is 0 Å². The molecule has 0 aliphatic carbocycles. The molecule has 0 fully saturated rings. The number of rotatable bonds is 4. The van der Waals surface area contributed by atoms with Gasteiger partial charge in [-0.1, -0.05) is 28.7 Å². The maximum Gasteiger partial charge on any atom is 0.287 e. The second kappa shape index (κ2) is 6.32. The van der Waals surface area contributed by atoms with Crippen LogP contribution in [0.3, 0.4) is 0 Å². The lowest BCUT2D eigenvalue weighted by Crippen LogP contribution is -2.15. The minimum Gasteiger partial charge on any atom is -0.304 e. The summed E-state index contributed by atoms with van der Waals surface area (Å²) in [6, 6.07) is 4.84. The van der Waals surface area contributed by atoms with E-state index in [1.165, 1.54) is 11.0 Å². The van der Waals surface area contributed by atoms with Gasteiger partial charge in [0.2, 0.25) is 10.0 Å². The predicted molar refractivity (Wildman–Crippen MR) is 80.0 cm³/mol. The van der Waals surface area contributed by atoms with Crippen LogP contribution in [0.4, 0.5) is 11.6 Å². The zero-order valence-corrected chi connectivity index (χ0v) is 12.4. The van der Waals surface area contributed by atoms with Gasteiger partial charge in [0.1, 0.15) is 22.7 Å². The molecule has 0 saturated heterocycles. The number of carbonyl (C=O) groups is 2. The number of amides is 2. The third kappa shape index (κ3) is 3.27. The highest BCUT2D eigenvalue weighted by Crippen LogP contribution is 2.13. The Morgan fingerprint density at radius 3 is 1.77 bits per heavy atom. The highest BCUT2D eigenvalue weighted by molar-refractivity contribution is 7.11. The van der Waals surface area contributed by atoms with Crippen molar-refractivity contribution in [2.45, 2.75) is 0 Å². The van der Waals surface area contributed by atoms with Crippen LogP contribution in [0.15, 0.2) is 29.2 Å². The van der Waals surface area contributed by atoms with Gasteiger partial charge in [0.15, 0.2) is 0 Å². The number of hydrogen-bond donors (Lipinski definition) is 2. The van der Waals surface area contributed by atoms with Crippen LogP contribution in [0.1, 0.15) is 19.6 Å². The summed E-state index contributed by atoms with van der Waals surface area (Å²) in [6.07, 6.45) is 0. The van der Waals surface area contributed by atoms with Gasteiger partial charge in [-0.3, -0.25) is 9.59 Å². The lowest BCUT2D eigenvalue weighted by Gasteiger charge is -2.05. The second-order valence-corrected chi connectivity index (χ2v) is 5.47. The van der Waals surface area contributed by atoms with Crippen molar-refractivity contribution >= 4 is 46.1 Å². The van der Waals surface area contributed by atoms with Crippen LogP contribution < -0.4 is 10.6 Å². The standard InChI is InChI=1S/C11H7N7O2S2/c19-8(10-17-12-4-21-10)15-6-2-1-3-7(14-6)16-9(20)11-18-13-5-22-11/h1-5H,(H2,14,15,16,19,20). The SMILES string of the molecule is O=C(Nc1cccc(NC(=O)c2nncs2)n1)c1nncs1. The van der Waals surface area contributed by atoms with Crippen molar-refractivity contribution in [3.05, 3.63) is 39.2 Å². The van der Waals surface area contributed by atoms with Gasteiger partial charge >= 0.3 is 0 Å². The number of anilines is 2. The summed E-state index contributed by atoms with van der Waals surface area (Å²) in [6.45, 7) is 0. The van der Waals surface area contributed by atoms with E-state index in [0.717, 1.165) is 22.7 Å². The molecule has 2 amide bonds. The smallest absolute Gasteiger partial charge is 0.287 e. The predicted octanol–water partition coefficient (Wildman–Crippen LogP) is 1.29. The highest BCUT2D eigenvalue weighted by Gasteiger charge is 2.13. The fraction of sp³-hybridized carbons (Fsp3) is 0. The first-order valence-electron chi connectivity index (χ1n) is 5.84. The third-order valence-corrected chi connectivity index (χ3v) is 3.72. The molecule has 0 spiro atoms. The van der Waals surface area contributed by atoms with Gasteiger partial charge in [0, 0.05) is 0 Å². The first-order chi connectivity index (χ1) is 10.7. The van der Waals surface area contributed by atoms with E-state index in [9.17, 15) is 9.59 Å². The van der Waals surface area contributed by atoms with Gasteiger partial charge in [-0.25, -0.2) is 4.98 Å². The number of carbonyl (C=O) groups excluding carboxylic acids is 2. The molecule has 0 saturated carbocycles. The first kappa shape index (κ1) is 14.2. The number of hydrogen-bond acceptors (Lipinski definition) is 9. The van der Waals surface area contributed by atoms with E-state index in [0.29, 0.717) is 0 Å². The average Bonchev–Trinajstić information content (AvgIpc) is 3.21. The summed E-state index contributed by atoms with van der Waals surface area (Å²) in [4.78, 5) is 27.8. The second-order valence-electron chi connectivity index (χ2n) is 3.80. The monoisotopic (exact) mass is 333 g/mol. The van der Waals surface area contributed by atoms with Crippen molar-refractivity contribution in [3.8, 4) is 0 Å². The lowest BCUT2D eigenvalue weighted by atomic mass is 10.4. The van der Waals surface area contributed by atoms with E-state index in [1.54, 1.807) is 18.2 Å². The topological polar surface area (TPSA) is 123 Å². The fourth-order valence-corrected chi connectivity index (χ4v) is 2.35. The van der Waals surface area contributed by atoms with Crippen molar-refractivity contribution in [3.63, 3.8) is 0 Å². The molecule has 2 N–H and O–H groups in total. The molecule has 110 valence electrons. The molecule has 22 heavy (non-hydrogen) atoms. The summed E-state index contributed by atoms with van der Waals surface area (Å²) < 4.78 is 0. The van der Waals surface area contributed by atoms with Gasteiger partial charge in [-0.2, -0.15) is 0 Å². The molecule has 3 heterocycles. The minimum atomic E-state index is -0.414. The summed E-state index contributed by atoms with van der Waals surface area (Å²) in [5, 5.41) is 20.1. The van der Waals surface area contributed by atoms with Gasteiger partial charge < -0.3 is 10.6 Å². The zero-order valence-electron chi connectivity index (χ0n) is 10.8. The number of nitrogens with one attached hydrogen (secondary N) is 2. The molecule has 0 unspecified atom stereocenters. The highest BCUT2D eigenvalue weighted by atomic mass is 32.1. The summed E-state index contributed by atoms with van der Waals surface area (Å²) >= 11 is 2.24. The molecule has 0 aliphatic rings. The van der Waals surface area contributed by atoms with Crippen LogP contribution in [-0.4, -0.2) is 37.2 Å². The van der Waals surface area contributed by atoms with Crippen LogP contribution in [0.2, 0.25) is 0 Å². The summed E-state index contributed by atoms with van der Waals surface area (Å²) in [5.74, 6) is -0.254. The Labute approximate surface area is 131 Å². The largest absolute Gasteiger partial charge is 0.304 e. The van der Waals surface area contributed by atoms with E-state index >= 15 is 0 Å². The van der Waals surface area contributed by atoms with Gasteiger partial charge in [-0.15, -0.1) is 20.4 Å². The van der Waals surface area contributed by atoms with Crippen LogP contribution in [0.25, 0.3) is 0 Å². The van der Waals surface area contributed by atoms with Gasteiger partial charge in [-0.05, 0) is 12.1 Å². The molecular weight excluding hydrogens is 326 g/mol. The van der Waals surface area contributed by atoms with Crippen LogP contribution in [-0.2, 0) is 0 Å². The molecule has 3 rings (SSSR count). The minimum absolute atomic E-state index is 0.227. The van der Waals surface area contributed by atoms with Gasteiger partial charge in [0.25, 0.3) is 11.8 Å². The Bertz CT molecular complexity index is 725. The molecule has 0 radical (unpaired) electrons. The van der Waals surface area contributed by atoms with Crippen molar-refractivity contribution in [2.24, 2.45) is 0 Å². The van der Waals surface area contributed by atoms with E-state index < -0.39 is 11.8 Å². The molecule has 0 bridgehead atoms. The quantitative estimate of drug-likeness (QED) is 0.737. The van der Waals surface area contributed by atoms with Crippen molar-refractivity contribution in [1.29, 1.82) is 0 Å². The van der Waals surface area contributed by atoms with E-state index in [1.807, 2.05) is 0 Å². The molecular formula is C11H7N7O2S2. The van der Waals surface area contributed by atoms with E-state index in [-0.39, 0.29) is 21.7 Å². The van der Waals surface area contributed by atoms with Crippen LogP contribution >= 0.6 is 22.7 Å². The Kier molecular flexibility index (Phi) is 4.07. The third-order valence-electron chi connectivity index (χ3n) is 2.34. The average molecular weight is 333 g/mol. The Morgan fingerprint density at radius 1 is 0.864 bits per heavy atom. The molecule has 0 atom stereocenters. The molecule has 3 aromatic heterocycles. The maximum atomic E-state index is 11.8. The lowest BCUT2D eigenvalue weighted by molar-refractivity contribution is 0.101. The molecule has 0 aliphatic heterocycles. The normalized spacial score (nSPS) is 10.2. The maximum absolute atomic E-state index is 11.8. The summed E-state index contributed by atoms with van der Waals surface area (Å²) in [5.41, 5.74) is 2.92. The van der Waals surface area contributed by atoms with Gasteiger partial charge in [0.05, 0.1) is 0 Å².